The number of nitrogens with zero attached hydrogens (tertiary/aromatic N) is 6. The lowest BCUT2D eigenvalue weighted by molar-refractivity contribution is 0.432. The summed E-state index contributed by atoms with van der Waals surface area (Å²) in [5.74, 6) is 1.78. The summed E-state index contributed by atoms with van der Waals surface area (Å²) in [6.45, 7) is 0. The molecule has 0 atom stereocenters. The highest BCUT2D eigenvalue weighted by atomic mass is 16.5. The Hall–Kier alpha value is -9.14. The average molecular weight is 849 g/mol. The molecular formula is C58H36N6O2. The fraction of sp³-hybridized carbons (Fsp3) is 0. The average Bonchev–Trinajstić information content (AvgIpc) is 4.21. The van der Waals surface area contributed by atoms with Crippen molar-refractivity contribution in [1.29, 1.82) is 0 Å². The van der Waals surface area contributed by atoms with E-state index in [1.807, 2.05) is 48.5 Å². The van der Waals surface area contributed by atoms with Crippen LogP contribution in [0.25, 0.3) is 123 Å². The Labute approximate surface area is 378 Å². The second kappa shape index (κ2) is 15.3. The van der Waals surface area contributed by atoms with Gasteiger partial charge in [-0.3, -0.25) is 0 Å². The maximum absolute atomic E-state index is 5.88. The highest BCUT2D eigenvalue weighted by molar-refractivity contribution is 6.10. The Kier molecular flexibility index (Phi) is 8.67. The van der Waals surface area contributed by atoms with Gasteiger partial charge < -0.3 is 18.2 Å². The zero-order chi connectivity index (χ0) is 43.6. The molecule has 13 rings (SSSR count). The van der Waals surface area contributed by atoms with E-state index in [2.05, 4.69) is 189 Å². The van der Waals surface area contributed by atoms with E-state index in [1.54, 1.807) is 0 Å². The highest BCUT2D eigenvalue weighted by Crippen LogP contribution is 2.37. The number of hydrogen-bond acceptors (Lipinski definition) is 6. The lowest BCUT2D eigenvalue weighted by atomic mass is 10.0. The standard InChI is InChI=1S/C58H36N6O2/c1-5-28-51-47(24-1)48-25-2-6-29-52(48)63(51)45-22-12-16-39(35-45)37-14-9-20-43(32-37)57-59-55(61-65-57)41-18-11-19-42(34-41)56-60-58(66-62-56)44-21-10-15-38(33-44)40-17-13-23-46(36-40)64-53-30-7-3-26-49(53)50-27-4-8-31-54(50)64/h1-36H. The molecule has 0 aliphatic heterocycles. The van der Waals surface area contributed by atoms with Crippen LogP contribution in [0.1, 0.15) is 0 Å². The van der Waals surface area contributed by atoms with Crippen LogP contribution in [0.4, 0.5) is 0 Å². The fourth-order valence-corrected chi connectivity index (χ4v) is 9.43. The minimum atomic E-state index is 0.429. The minimum Gasteiger partial charge on any atom is -0.334 e. The topological polar surface area (TPSA) is 87.7 Å². The van der Waals surface area contributed by atoms with Gasteiger partial charge in [0.25, 0.3) is 11.8 Å². The lowest BCUT2D eigenvalue weighted by Gasteiger charge is -2.10. The van der Waals surface area contributed by atoms with Crippen molar-refractivity contribution >= 4 is 43.6 Å². The number of fused-ring (bicyclic) bond motifs is 6. The Morgan fingerprint density at radius 1 is 0.273 bits per heavy atom. The smallest absolute Gasteiger partial charge is 0.258 e. The van der Waals surface area contributed by atoms with Gasteiger partial charge in [0.2, 0.25) is 11.6 Å². The van der Waals surface area contributed by atoms with Crippen molar-refractivity contribution in [3.8, 4) is 79.3 Å². The van der Waals surface area contributed by atoms with E-state index < -0.39 is 0 Å². The van der Waals surface area contributed by atoms with Crippen molar-refractivity contribution in [3.63, 3.8) is 0 Å². The first-order valence-electron chi connectivity index (χ1n) is 21.9. The van der Waals surface area contributed by atoms with Gasteiger partial charge in [-0.25, -0.2) is 0 Å². The molecule has 0 bridgehead atoms. The van der Waals surface area contributed by atoms with E-state index in [-0.39, 0.29) is 0 Å². The van der Waals surface area contributed by atoms with Crippen LogP contribution in [0.2, 0.25) is 0 Å². The van der Waals surface area contributed by atoms with Crippen LogP contribution < -0.4 is 0 Å². The molecule has 66 heavy (non-hydrogen) atoms. The SMILES string of the molecule is c1cc(-c2noc(-c3cccc(-c4cccc(-n5c6ccccc6c6ccccc65)c4)c3)n2)cc(-c2noc(-c3cccc(-c4cccc(-n5c6ccccc6c6ccccc65)c4)c3)n2)c1. The first-order valence-corrected chi connectivity index (χ1v) is 21.9. The third-order valence-corrected chi connectivity index (χ3v) is 12.5. The summed E-state index contributed by atoms with van der Waals surface area (Å²) in [5, 5.41) is 13.7. The van der Waals surface area contributed by atoms with Crippen molar-refractivity contribution in [2.45, 2.75) is 0 Å². The number of rotatable bonds is 8. The van der Waals surface area contributed by atoms with E-state index in [9.17, 15) is 0 Å². The zero-order valence-corrected chi connectivity index (χ0v) is 35.3. The summed E-state index contributed by atoms with van der Waals surface area (Å²) in [7, 11) is 0. The van der Waals surface area contributed by atoms with Crippen molar-refractivity contribution in [1.82, 2.24) is 29.4 Å². The third kappa shape index (κ3) is 6.31. The Morgan fingerprint density at radius 2 is 0.576 bits per heavy atom. The zero-order valence-electron chi connectivity index (χ0n) is 35.3. The maximum atomic E-state index is 5.88. The van der Waals surface area contributed by atoms with Crippen LogP contribution in [-0.4, -0.2) is 29.4 Å². The van der Waals surface area contributed by atoms with E-state index >= 15 is 0 Å². The van der Waals surface area contributed by atoms with Crippen LogP contribution in [0.15, 0.2) is 227 Å². The molecule has 13 aromatic rings. The van der Waals surface area contributed by atoms with Gasteiger partial charge >= 0.3 is 0 Å². The second-order valence-electron chi connectivity index (χ2n) is 16.4. The van der Waals surface area contributed by atoms with Gasteiger partial charge in [-0.15, -0.1) is 0 Å². The quantitative estimate of drug-likeness (QED) is 0.151. The molecule has 0 fully saturated rings. The summed E-state index contributed by atoms with van der Waals surface area (Å²) < 4.78 is 16.4. The fourth-order valence-electron chi connectivity index (χ4n) is 9.43. The van der Waals surface area contributed by atoms with Gasteiger partial charge in [-0.1, -0.05) is 150 Å². The molecule has 4 aromatic heterocycles. The van der Waals surface area contributed by atoms with Crippen molar-refractivity contribution in [2.24, 2.45) is 0 Å². The molecular weight excluding hydrogens is 813 g/mol. The van der Waals surface area contributed by atoms with Gasteiger partial charge in [0.1, 0.15) is 0 Å². The molecule has 0 amide bonds. The molecule has 0 saturated carbocycles. The first kappa shape index (κ1) is 37.4. The van der Waals surface area contributed by atoms with E-state index in [4.69, 9.17) is 19.0 Å². The van der Waals surface area contributed by atoms with Crippen molar-refractivity contribution in [3.05, 3.63) is 218 Å². The molecule has 0 N–H and O–H groups in total. The summed E-state index contributed by atoms with van der Waals surface area (Å²) in [6, 6.07) is 75.7. The predicted molar refractivity (Wildman–Crippen MR) is 263 cm³/mol. The minimum absolute atomic E-state index is 0.429. The van der Waals surface area contributed by atoms with Crippen LogP contribution >= 0.6 is 0 Å². The largest absolute Gasteiger partial charge is 0.334 e. The molecule has 310 valence electrons. The third-order valence-electron chi connectivity index (χ3n) is 12.5. The summed E-state index contributed by atoms with van der Waals surface area (Å²) in [4.78, 5) is 9.69. The monoisotopic (exact) mass is 848 g/mol. The molecule has 8 nitrogen and oxygen atoms in total. The molecule has 9 aromatic carbocycles. The van der Waals surface area contributed by atoms with Gasteiger partial charge in [-0.2, -0.15) is 9.97 Å². The highest BCUT2D eigenvalue weighted by Gasteiger charge is 2.18. The van der Waals surface area contributed by atoms with Crippen LogP contribution in [0, 0.1) is 0 Å². The van der Waals surface area contributed by atoms with Gasteiger partial charge in [0.15, 0.2) is 0 Å². The number of para-hydroxylation sites is 4. The first-order chi connectivity index (χ1) is 32.7. The normalized spacial score (nSPS) is 11.6. The van der Waals surface area contributed by atoms with Gasteiger partial charge in [0.05, 0.1) is 22.1 Å². The summed E-state index contributed by atoms with van der Waals surface area (Å²) in [5.41, 5.74) is 14.3. The number of aromatic nitrogens is 6. The molecule has 0 aliphatic rings. The van der Waals surface area contributed by atoms with E-state index in [0.717, 1.165) is 55.9 Å². The molecule has 0 spiro atoms. The molecule has 0 unspecified atom stereocenters. The van der Waals surface area contributed by atoms with Crippen LogP contribution in [0.3, 0.4) is 0 Å². The number of hydrogen-bond donors (Lipinski definition) is 0. The Bertz CT molecular complexity index is 3620. The van der Waals surface area contributed by atoms with E-state index in [1.165, 1.54) is 43.6 Å². The van der Waals surface area contributed by atoms with Crippen LogP contribution in [0.5, 0.6) is 0 Å². The van der Waals surface area contributed by atoms with Crippen LogP contribution in [-0.2, 0) is 0 Å². The van der Waals surface area contributed by atoms with E-state index in [0.29, 0.717) is 23.4 Å². The molecule has 4 heterocycles. The summed E-state index contributed by atoms with van der Waals surface area (Å²) in [6.07, 6.45) is 0. The second-order valence-corrected chi connectivity index (χ2v) is 16.4. The van der Waals surface area contributed by atoms with Gasteiger partial charge in [-0.05, 0) is 101 Å². The van der Waals surface area contributed by atoms with Crippen molar-refractivity contribution < 1.29 is 9.05 Å². The Balaban J connectivity index is 0.764. The molecule has 0 aliphatic carbocycles. The lowest BCUT2D eigenvalue weighted by Crippen LogP contribution is -1.94. The summed E-state index contributed by atoms with van der Waals surface area (Å²) >= 11 is 0. The predicted octanol–water partition coefficient (Wildman–Crippen LogP) is 14.6. The van der Waals surface area contributed by atoms with Gasteiger partial charge in [0, 0.05) is 55.2 Å². The molecule has 0 radical (unpaired) electrons. The molecule has 8 heteroatoms. The van der Waals surface area contributed by atoms with Crippen molar-refractivity contribution in [2.75, 3.05) is 0 Å². The number of benzene rings is 9. The maximum Gasteiger partial charge on any atom is 0.258 e. The molecule has 0 saturated heterocycles. The Morgan fingerprint density at radius 3 is 0.970 bits per heavy atom.